The van der Waals surface area contributed by atoms with Crippen molar-refractivity contribution in [2.45, 2.75) is 0 Å². The first-order valence-corrected chi connectivity index (χ1v) is 7.60. The van der Waals surface area contributed by atoms with E-state index in [9.17, 15) is 4.39 Å². The van der Waals surface area contributed by atoms with Gasteiger partial charge in [-0.05, 0) is 29.8 Å². The summed E-state index contributed by atoms with van der Waals surface area (Å²) in [5, 5.41) is 0. The van der Waals surface area contributed by atoms with Crippen LogP contribution in [0.2, 0.25) is 0 Å². The molecule has 2 heterocycles. The van der Waals surface area contributed by atoms with Crippen LogP contribution in [0.15, 0.2) is 60.4 Å². The van der Waals surface area contributed by atoms with Crippen LogP contribution in [0.25, 0.3) is 32.7 Å². The maximum atomic E-state index is 13.5. The van der Waals surface area contributed by atoms with Gasteiger partial charge in [0.25, 0.3) is 0 Å². The zero-order chi connectivity index (χ0) is 14.9. The Hall–Kier alpha value is -2.66. The Labute approximate surface area is 130 Å². The number of hydrogen-bond acceptors (Lipinski definition) is 4. The van der Waals surface area contributed by atoms with Gasteiger partial charge in [-0.15, -0.1) is 11.3 Å². The third-order valence-electron chi connectivity index (χ3n) is 3.40. The van der Waals surface area contributed by atoms with Crippen molar-refractivity contribution < 1.29 is 4.39 Å². The first-order valence-electron chi connectivity index (χ1n) is 6.72. The molecule has 0 spiro atoms. The molecule has 0 aliphatic carbocycles. The minimum Gasteiger partial charge on any atom is -0.253 e. The Morgan fingerprint density at radius 1 is 0.818 bits per heavy atom. The molecular formula is C17H10FN3S. The maximum Gasteiger partial charge on any atom is 0.123 e. The Morgan fingerprint density at radius 3 is 2.55 bits per heavy atom. The van der Waals surface area contributed by atoms with Crippen molar-refractivity contribution in [2.24, 2.45) is 0 Å². The van der Waals surface area contributed by atoms with Crippen LogP contribution in [-0.4, -0.2) is 15.0 Å². The van der Waals surface area contributed by atoms with Crippen molar-refractivity contribution in [1.29, 1.82) is 0 Å². The molecule has 4 aromatic rings. The highest BCUT2D eigenvalue weighted by atomic mass is 32.1. The van der Waals surface area contributed by atoms with E-state index in [4.69, 9.17) is 0 Å². The van der Waals surface area contributed by atoms with Crippen LogP contribution in [0.5, 0.6) is 0 Å². The molecule has 0 bridgehead atoms. The quantitative estimate of drug-likeness (QED) is 0.545. The molecule has 2 aromatic heterocycles. The highest BCUT2D eigenvalue weighted by Gasteiger charge is 2.12. The lowest BCUT2D eigenvalue weighted by molar-refractivity contribution is 0.628. The summed E-state index contributed by atoms with van der Waals surface area (Å²) < 4.78 is 13.5. The van der Waals surface area contributed by atoms with Gasteiger partial charge in [0.2, 0.25) is 0 Å². The fourth-order valence-electron chi connectivity index (χ4n) is 2.40. The molecule has 2 aromatic carbocycles. The molecule has 0 fully saturated rings. The second-order valence-corrected chi connectivity index (χ2v) is 5.66. The van der Waals surface area contributed by atoms with Gasteiger partial charge in [0.15, 0.2) is 0 Å². The summed E-state index contributed by atoms with van der Waals surface area (Å²) in [6, 6.07) is 12.4. The summed E-state index contributed by atoms with van der Waals surface area (Å²) in [6.45, 7) is 0. The minimum absolute atomic E-state index is 0.263. The third kappa shape index (κ3) is 2.25. The number of fused-ring (bicyclic) bond motifs is 1. The summed E-state index contributed by atoms with van der Waals surface area (Å²) in [4.78, 5) is 14.0. The molecule has 3 nitrogen and oxygen atoms in total. The summed E-state index contributed by atoms with van der Waals surface area (Å²) in [6.07, 6.45) is 3.35. The first kappa shape index (κ1) is 13.0. The molecule has 0 atom stereocenters. The van der Waals surface area contributed by atoms with Crippen LogP contribution in [-0.2, 0) is 0 Å². The monoisotopic (exact) mass is 307 g/mol. The summed E-state index contributed by atoms with van der Waals surface area (Å²) in [7, 11) is 0. The Balaban J connectivity index is 1.87. The maximum absolute atomic E-state index is 13.5. The van der Waals surface area contributed by atoms with E-state index in [1.54, 1.807) is 24.0 Å². The van der Waals surface area contributed by atoms with Crippen LogP contribution >= 0.6 is 11.3 Å². The Kier molecular flexibility index (Phi) is 3.12. The van der Waals surface area contributed by atoms with Gasteiger partial charge in [-0.2, -0.15) is 0 Å². The van der Waals surface area contributed by atoms with Gasteiger partial charge in [-0.1, -0.05) is 18.2 Å². The van der Waals surface area contributed by atoms with E-state index in [1.807, 2.05) is 24.3 Å². The zero-order valence-corrected chi connectivity index (χ0v) is 12.2. The molecule has 4 rings (SSSR count). The van der Waals surface area contributed by atoms with Crippen molar-refractivity contribution in [1.82, 2.24) is 15.0 Å². The van der Waals surface area contributed by atoms with Crippen molar-refractivity contribution >= 4 is 22.4 Å². The van der Waals surface area contributed by atoms with Gasteiger partial charge < -0.3 is 0 Å². The second kappa shape index (κ2) is 5.27. The number of hydrogen-bond donors (Lipinski definition) is 0. The van der Waals surface area contributed by atoms with Gasteiger partial charge in [0.05, 0.1) is 27.1 Å². The predicted octanol–water partition coefficient (Wildman–Crippen LogP) is 4.56. The van der Waals surface area contributed by atoms with E-state index in [0.29, 0.717) is 0 Å². The topological polar surface area (TPSA) is 38.7 Å². The lowest BCUT2D eigenvalue weighted by atomic mass is 10.1. The summed E-state index contributed by atoms with van der Waals surface area (Å²) in [5.74, 6) is -0.263. The van der Waals surface area contributed by atoms with E-state index < -0.39 is 0 Å². The lowest BCUT2D eigenvalue weighted by Crippen LogP contribution is -1.86. The molecular weight excluding hydrogens is 297 g/mol. The van der Waals surface area contributed by atoms with Crippen molar-refractivity contribution in [3.8, 4) is 21.7 Å². The molecule has 22 heavy (non-hydrogen) atoms. The molecule has 0 aliphatic rings. The molecule has 0 saturated heterocycles. The minimum atomic E-state index is -0.263. The van der Waals surface area contributed by atoms with Crippen LogP contribution < -0.4 is 0 Å². The number of aromatic nitrogens is 3. The Morgan fingerprint density at radius 2 is 1.68 bits per heavy atom. The number of benzene rings is 2. The average molecular weight is 307 g/mol. The van der Waals surface area contributed by atoms with E-state index in [-0.39, 0.29) is 5.82 Å². The van der Waals surface area contributed by atoms with Crippen molar-refractivity contribution in [2.75, 3.05) is 0 Å². The van der Waals surface area contributed by atoms with E-state index in [1.165, 1.54) is 23.5 Å². The molecule has 0 saturated carbocycles. The summed E-state index contributed by atoms with van der Waals surface area (Å²) >= 11 is 1.53. The number of thiazole rings is 1. The van der Waals surface area contributed by atoms with Gasteiger partial charge >= 0.3 is 0 Å². The third-order valence-corrected chi connectivity index (χ3v) is 4.27. The smallest absolute Gasteiger partial charge is 0.123 e. The molecule has 5 heteroatoms. The fourth-order valence-corrected chi connectivity index (χ4v) is 3.21. The molecule has 106 valence electrons. The predicted molar refractivity (Wildman–Crippen MR) is 86.0 cm³/mol. The largest absolute Gasteiger partial charge is 0.253 e. The normalized spacial score (nSPS) is 11.0. The molecule has 0 amide bonds. The molecule has 0 N–H and O–H groups in total. The molecule has 0 aliphatic heterocycles. The van der Waals surface area contributed by atoms with Crippen LogP contribution in [0.3, 0.4) is 0 Å². The van der Waals surface area contributed by atoms with Gasteiger partial charge in [-0.3, -0.25) is 9.97 Å². The van der Waals surface area contributed by atoms with Crippen LogP contribution in [0, 0.1) is 5.82 Å². The SMILES string of the molecule is Fc1cccc(-c2ncsc2-c2ccc3nccnc3c2)c1. The van der Waals surface area contributed by atoms with Crippen molar-refractivity contribution in [3.63, 3.8) is 0 Å². The average Bonchev–Trinajstić information content (AvgIpc) is 3.04. The van der Waals surface area contributed by atoms with Crippen LogP contribution in [0.4, 0.5) is 4.39 Å². The first-order chi connectivity index (χ1) is 10.8. The van der Waals surface area contributed by atoms with Crippen LogP contribution in [0.1, 0.15) is 0 Å². The van der Waals surface area contributed by atoms with E-state index >= 15 is 0 Å². The van der Waals surface area contributed by atoms with Gasteiger partial charge in [-0.25, -0.2) is 9.37 Å². The van der Waals surface area contributed by atoms with Gasteiger partial charge in [0.1, 0.15) is 5.82 Å². The molecule has 0 unspecified atom stereocenters. The number of halogens is 1. The fraction of sp³-hybridized carbons (Fsp3) is 0. The number of nitrogens with zero attached hydrogens (tertiary/aromatic N) is 3. The summed E-state index contributed by atoms with van der Waals surface area (Å²) in [5.41, 5.74) is 6.02. The van der Waals surface area contributed by atoms with E-state index in [0.717, 1.165) is 32.7 Å². The standard InChI is InChI=1S/C17H10FN3S/c18-13-3-1-2-11(8-13)16-17(22-10-21-16)12-4-5-14-15(9-12)20-7-6-19-14/h1-10H. The Bertz CT molecular complexity index is 965. The zero-order valence-electron chi connectivity index (χ0n) is 11.4. The highest BCUT2D eigenvalue weighted by Crippen LogP contribution is 2.35. The lowest BCUT2D eigenvalue weighted by Gasteiger charge is -2.04. The van der Waals surface area contributed by atoms with Gasteiger partial charge in [0, 0.05) is 18.0 Å². The number of rotatable bonds is 2. The van der Waals surface area contributed by atoms with Crippen molar-refractivity contribution in [3.05, 3.63) is 66.2 Å². The molecule has 0 radical (unpaired) electrons. The highest BCUT2D eigenvalue weighted by molar-refractivity contribution is 7.13. The second-order valence-electron chi connectivity index (χ2n) is 4.80. The van der Waals surface area contributed by atoms with E-state index in [2.05, 4.69) is 15.0 Å².